The predicted octanol–water partition coefficient (Wildman–Crippen LogP) is 10.5. The van der Waals surface area contributed by atoms with Crippen LogP contribution in [-0.4, -0.2) is 0 Å². The van der Waals surface area contributed by atoms with Crippen LogP contribution in [0.15, 0.2) is 60.7 Å². The van der Waals surface area contributed by atoms with Crippen molar-refractivity contribution in [3.05, 3.63) is 71.8 Å². The van der Waals surface area contributed by atoms with Gasteiger partial charge in [-0.1, -0.05) is 127 Å². The molecule has 0 aliphatic rings. The van der Waals surface area contributed by atoms with Gasteiger partial charge in [-0.25, -0.2) is 0 Å². The van der Waals surface area contributed by atoms with E-state index in [1.54, 1.807) is 0 Å². The molecule has 2 nitrogen and oxygen atoms in total. The standard InChI is InChI=1S/C35H50N2/c1-3-4-5-6-7-8-9-10-11-12-13-14-15-16-17-29-19-18-28(2)34(30-20-24-32(36)25-21-30)35(29)31-22-26-33(37)27-23-31/h18-27H,3-17,36-37H2,1-2H3. The van der Waals surface area contributed by atoms with Crippen molar-refractivity contribution >= 4 is 11.4 Å². The van der Waals surface area contributed by atoms with E-state index in [4.69, 9.17) is 11.5 Å². The van der Waals surface area contributed by atoms with Crippen LogP contribution in [-0.2, 0) is 6.42 Å². The molecule has 0 bridgehead atoms. The van der Waals surface area contributed by atoms with E-state index in [0.29, 0.717) is 0 Å². The minimum absolute atomic E-state index is 0.800. The number of hydrogen-bond donors (Lipinski definition) is 2. The zero-order valence-electron chi connectivity index (χ0n) is 23.5. The maximum Gasteiger partial charge on any atom is 0.0314 e. The van der Waals surface area contributed by atoms with E-state index >= 15 is 0 Å². The first-order valence-electron chi connectivity index (χ1n) is 14.9. The third-order valence-electron chi connectivity index (χ3n) is 7.70. The smallest absolute Gasteiger partial charge is 0.0314 e. The molecule has 4 N–H and O–H groups in total. The van der Waals surface area contributed by atoms with Gasteiger partial charge in [-0.05, 0) is 77.4 Å². The molecule has 0 heterocycles. The van der Waals surface area contributed by atoms with Crippen molar-refractivity contribution < 1.29 is 0 Å². The number of rotatable bonds is 17. The van der Waals surface area contributed by atoms with Crippen LogP contribution in [0.25, 0.3) is 22.3 Å². The maximum absolute atomic E-state index is 6.02. The van der Waals surface area contributed by atoms with Crippen LogP contribution in [0.2, 0.25) is 0 Å². The van der Waals surface area contributed by atoms with E-state index in [0.717, 1.165) is 17.8 Å². The molecule has 0 spiro atoms. The fourth-order valence-corrected chi connectivity index (χ4v) is 5.47. The summed E-state index contributed by atoms with van der Waals surface area (Å²) < 4.78 is 0. The summed E-state index contributed by atoms with van der Waals surface area (Å²) in [5.74, 6) is 0. The van der Waals surface area contributed by atoms with Gasteiger partial charge in [-0.3, -0.25) is 0 Å². The Balaban J connectivity index is 1.51. The van der Waals surface area contributed by atoms with Gasteiger partial charge in [-0.15, -0.1) is 0 Å². The van der Waals surface area contributed by atoms with Gasteiger partial charge in [0, 0.05) is 11.4 Å². The zero-order chi connectivity index (χ0) is 26.3. The van der Waals surface area contributed by atoms with Crippen LogP contribution in [0.1, 0.15) is 108 Å². The van der Waals surface area contributed by atoms with Crippen molar-refractivity contribution in [3.8, 4) is 22.3 Å². The number of hydrogen-bond acceptors (Lipinski definition) is 2. The highest BCUT2D eigenvalue weighted by Gasteiger charge is 2.15. The second-order valence-corrected chi connectivity index (χ2v) is 10.9. The molecule has 3 aromatic carbocycles. The number of benzene rings is 3. The molecule has 3 aromatic rings. The molecule has 0 saturated carbocycles. The van der Waals surface area contributed by atoms with Crippen LogP contribution in [0, 0.1) is 6.92 Å². The predicted molar refractivity (Wildman–Crippen MR) is 165 cm³/mol. The summed E-state index contributed by atoms with van der Waals surface area (Å²) >= 11 is 0. The molecule has 0 saturated heterocycles. The van der Waals surface area contributed by atoms with Crippen LogP contribution < -0.4 is 11.5 Å². The highest BCUT2D eigenvalue weighted by atomic mass is 14.5. The second-order valence-electron chi connectivity index (χ2n) is 10.9. The Morgan fingerprint density at radius 1 is 0.459 bits per heavy atom. The number of nitrogen functional groups attached to an aromatic ring is 2. The minimum Gasteiger partial charge on any atom is -0.399 e. The van der Waals surface area contributed by atoms with Gasteiger partial charge < -0.3 is 11.5 Å². The zero-order valence-corrected chi connectivity index (χ0v) is 23.5. The summed E-state index contributed by atoms with van der Waals surface area (Å²) in [7, 11) is 0. The summed E-state index contributed by atoms with van der Waals surface area (Å²) in [6.45, 7) is 4.50. The molecule has 0 atom stereocenters. The van der Waals surface area contributed by atoms with Crippen molar-refractivity contribution in [1.82, 2.24) is 0 Å². The molecule has 2 heteroatoms. The lowest BCUT2D eigenvalue weighted by Gasteiger charge is -2.19. The molecule has 0 aliphatic carbocycles. The fraction of sp³-hybridized carbons (Fsp3) is 0.486. The van der Waals surface area contributed by atoms with Gasteiger partial charge in [0.25, 0.3) is 0 Å². The number of nitrogens with two attached hydrogens (primary N) is 2. The first kappa shape index (κ1) is 28.8. The average Bonchev–Trinajstić information content (AvgIpc) is 2.90. The Hall–Kier alpha value is -2.74. The molecule has 3 rings (SSSR count). The van der Waals surface area contributed by atoms with Crippen LogP contribution in [0.4, 0.5) is 11.4 Å². The molecule has 37 heavy (non-hydrogen) atoms. The number of anilines is 2. The Bertz CT molecular complexity index is 1030. The van der Waals surface area contributed by atoms with Crippen molar-refractivity contribution in [1.29, 1.82) is 0 Å². The number of unbranched alkanes of at least 4 members (excludes halogenated alkanes) is 13. The van der Waals surface area contributed by atoms with Crippen molar-refractivity contribution in [2.75, 3.05) is 11.5 Å². The molecule has 0 unspecified atom stereocenters. The lowest BCUT2D eigenvalue weighted by molar-refractivity contribution is 0.535. The largest absolute Gasteiger partial charge is 0.399 e. The molecule has 0 radical (unpaired) electrons. The minimum atomic E-state index is 0.800. The number of aryl methyl sites for hydroxylation is 2. The van der Waals surface area contributed by atoms with Gasteiger partial charge in [-0.2, -0.15) is 0 Å². The van der Waals surface area contributed by atoms with E-state index in [1.165, 1.54) is 123 Å². The average molecular weight is 499 g/mol. The maximum atomic E-state index is 6.02. The lowest BCUT2D eigenvalue weighted by atomic mass is 9.85. The van der Waals surface area contributed by atoms with Gasteiger partial charge >= 0.3 is 0 Å². The van der Waals surface area contributed by atoms with Crippen molar-refractivity contribution in [3.63, 3.8) is 0 Å². The monoisotopic (exact) mass is 498 g/mol. The Morgan fingerprint density at radius 3 is 1.32 bits per heavy atom. The summed E-state index contributed by atoms with van der Waals surface area (Å²) in [5.41, 5.74) is 21.5. The van der Waals surface area contributed by atoms with Crippen LogP contribution >= 0.6 is 0 Å². The summed E-state index contributed by atoms with van der Waals surface area (Å²) in [4.78, 5) is 0. The molecule has 200 valence electrons. The van der Waals surface area contributed by atoms with E-state index in [9.17, 15) is 0 Å². The van der Waals surface area contributed by atoms with E-state index in [2.05, 4.69) is 50.2 Å². The molecular formula is C35H50N2. The SMILES string of the molecule is CCCCCCCCCCCCCCCCc1ccc(C)c(-c2ccc(N)cc2)c1-c1ccc(N)cc1. The van der Waals surface area contributed by atoms with E-state index in [1.807, 2.05) is 24.3 Å². The Morgan fingerprint density at radius 2 is 0.865 bits per heavy atom. The third-order valence-corrected chi connectivity index (χ3v) is 7.70. The van der Waals surface area contributed by atoms with Crippen LogP contribution in [0.3, 0.4) is 0 Å². The van der Waals surface area contributed by atoms with Crippen molar-refractivity contribution in [2.24, 2.45) is 0 Å². The van der Waals surface area contributed by atoms with Gasteiger partial charge in [0.2, 0.25) is 0 Å². The third kappa shape index (κ3) is 9.58. The Kier molecular flexibility index (Phi) is 12.6. The normalized spacial score (nSPS) is 11.2. The second kappa shape index (κ2) is 16.2. The topological polar surface area (TPSA) is 52.0 Å². The first-order valence-corrected chi connectivity index (χ1v) is 14.9. The van der Waals surface area contributed by atoms with Crippen molar-refractivity contribution in [2.45, 2.75) is 110 Å². The van der Waals surface area contributed by atoms with E-state index in [-0.39, 0.29) is 0 Å². The quantitative estimate of drug-likeness (QED) is 0.144. The summed E-state index contributed by atoms with van der Waals surface area (Å²) in [6, 6.07) is 21.3. The molecule has 0 aliphatic heterocycles. The van der Waals surface area contributed by atoms with Gasteiger partial charge in [0.15, 0.2) is 0 Å². The van der Waals surface area contributed by atoms with Crippen LogP contribution in [0.5, 0.6) is 0 Å². The van der Waals surface area contributed by atoms with Gasteiger partial charge in [0.1, 0.15) is 0 Å². The highest BCUT2D eigenvalue weighted by molar-refractivity contribution is 5.88. The summed E-state index contributed by atoms with van der Waals surface area (Å²) in [6.07, 6.45) is 20.6. The van der Waals surface area contributed by atoms with E-state index < -0.39 is 0 Å². The molecule has 0 fully saturated rings. The first-order chi connectivity index (χ1) is 18.1. The molecule has 0 amide bonds. The van der Waals surface area contributed by atoms with Gasteiger partial charge in [0.05, 0.1) is 0 Å². The molecule has 0 aromatic heterocycles. The fourth-order valence-electron chi connectivity index (χ4n) is 5.47. The lowest BCUT2D eigenvalue weighted by Crippen LogP contribution is -1.98. The molecular weight excluding hydrogens is 448 g/mol. The highest BCUT2D eigenvalue weighted by Crippen LogP contribution is 2.39. The summed E-state index contributed by atoms with van der Waals surface area (Å²) in [5, 5.41) is 0. The Labute approximate surface area is 226 Å².